The number of rotatable bonds is 10. The van der Waals surface area contributed by atoms with E-state index in [4.69, 9.17) is 0 Å². The number of amides is 3. The first-order valence-corrected chi connectivity index (χ1v) is 13.7. The number of nitrogens with one attached hydrogen (secondary N) is 1. The van der Waals surface area contributed by atoms with Gasteiger partial charge in [-0.3, -0.25) is 4.79 Å². The Kier molecular flexibility index (Phi) is 8.57. The maximum Gasteiger partial charge on any atom is 0.321 e. The topological polar surface area (TPSA) is 72.9 Å². The average Bonchev–Trinajstić information content (AvgIpc) is 3.25. The van der Waals surface area contributed by atoms with Crippen molar-refractivity contribution < 1.29 is 14.7 Å². The number of aliphatic hydroxyl groups is 1. The predicted molar refractivity (Wildman–Crippen MR) is 156 cm³/mol. The zero-order valence-corrected chi connectivity index (χ0v) is 22.7. The number of aryl methyl sites for hydroxylation is 1. The number of carbonyl (C=O) groups excluding carboxylic acids is 2. The van der Waals surface area contributed by atoms with Gasteiger partial charge in [-0.2, -0.15) is 0 Å². The van der Waals surface area contributed by atoms with E-state index in [1.54, 1.807) is 9.80 Å². The fourth-order valence-corrected chi connectivity index (χ4v) is 5.38. The number of benzene rings is 4. The minimum absolute atomic E-state index is 0.262. The van der Waals surface area contributed by atoms with Crippen molar-refractivity contribution in [1.82, 2.24) is 15.1 Å². The first-order valence-electron chi connectivity index (χ1n) is 13.7. The smallest absolute Gasteiger partial charge is 0.321 e. The Labute approximate surface area is 235 Å². The molecule has 2 N–H and O–H groups in total. The molecule has 204 valence electrons. The fraction of sp³-hybridized carbons (Fsp3) is 0.235. The molecule has 5 rings (SSSR count). The van der Waals surface area contributed by atoms with Crippen LogP contribution in [0.3, 0.4) is 0 Å². The van der Waals surface area contributed by atoms with Gasteiger partial charge in [-0.1, -0.05) is 121 Å². The molecule has 6 nitrogen and oxygen atoms in total. The number of aliphatic hydroxyl groups excluding tert-OH is 1. The zero-order chi connectivity index (χ0) is 27.9. The first kappa shape index (κ1) is 27.2. The lowest BCUT2D eigenvalue weighted by atomic mass is 9.97. The van der Waals surface area contributed by atoms with Gasteiger partial charge >= 0.3 is 6.03 Å². The summed E-state index contributed by atoms with van der Waals surface area (Å²) in [6.07, 6.45) is 0.604. The Morgan fingerprint density at radius 2 is 1.27 bits per heavy atom. The van der Waals surface area contributed by atoms with Crippen LogP contribution < -0.4 is 5.32 Å². The number of hydrogen-bond acceptors (Lipinski definition) is 3. The van der Waals surface area contributed by atoms with Gasteiger partial charge < -0.3 is 20.2 Å². The third-order valence-electron chi connectivity index (χ3n) is 7.52. The Morgan fingerprint density at radius 1 is 0.750 bits per heavy atom. The van der Waals surface area contributed by atoms with Crippen LogP contribution >= 0.6 is 0 Å². The molecule has 0 spiro atoms. The molecule has 3 atom stereocenters. The Bertz CT molecular complexity index is 1400. The number of nitrogens with zero attached hydrogens (tertiary/aromatic N) is 2. The fourth-order valence-electron chi connectivity index (χ4n) is 5.38. The van der Waals surface area contributed by atoms with Gasteiger partial charge in [-0.15, -0.1) is 0 Å². The Hall–Kier alpha value is -4.42. The van der Waals surface area contributed by atoms with Crippen LogP contribution in [-0.2, 0) is 24.3 Å². The first-order chi connectivity index (χ1) is 19.5. The van der Waals surface area contributed by atoms with Crippen molar-refractivity contribution in [1.29, 1.82) is 0 Å². The van der Waals surface area contributed by atoms with Gasteiger partial charge in [0.1, 0.15) is 6.04 Å². The molecule has 0 bridgehead atoms. The quantitative estimate of drug-likeness (QED) is 0.292. The summed E-state index contributed by atoms with van der Waals surface area (Å²) in [6.45, 7) is 2.31. The molecule has 4 aromatic carbocycles. The normalized spacial score (nSPS) is 17.6. The molecule has 0 aliphatic carbocycles. The molecule has 1 unspecified atom stereocenters. The lowest BCUT2D eigenvalue weighted by Crippen LogP contribution is -2.51. The average molecular weight is 534 g/mol. The molecule has 4 aromatic rings. The van der Waals surface area contributed by atoms with E-state index in [9.17, 15) is 14.7 Å². The molecule has 1 aliphatic heterocycles. The van der Waals surface area contributed by atoms with E-state index in [-0.39, 0.29) is 31.1 Å². The largest absolute Gasteiger partial charge is 0.394 e. The van der Waals surface area contributed by atoms with E-state index in [1.807, 2.05) is 91.0 Å². The molecule has 1 heterocycles. The number of carbonyl (C=O) groups is 2. The van der Waals surface area contributed by atoms with E-state index in [1.165, 1.54) is 5.56 Å². The molecule has 0 saturated carbocycles. The molecule has 1 saturated heterocycles. The molecule has 1 aliphatic rings. The summed E-state index contributed by atoms with van der Waals surface area (Å²) in [6, 6.07) is 35.4. The molecule has 1 fully saturated rings. The summed E-state index contributed by atoms with van der Waals surface area (Å²) in [5, 5.41) is 13.8. The molecular weight excluding hydrogens is 498 g/mol. The van der Waals surface area contributed by atoms with Crippen LogP contribution in [-0.4, -0.2) is 45.5 Å². The second kappa shape index (κ2) is 12.6. The molecule has 6 heteroatoms. The number of urea groups is 1. The Balaban J connectivity index is 1.46. The maximum absolute atomic E-state index is 14.1. The molecule has 40 heavy (non-hydrogen) atoms. The molecule has 3 amide bonds. The van der Waals surface area contributed by atoms with Gasteiger partial charge in [0.25, 0.3) is 0 Å². The van der Waals surface area contributed by atoms with E-state index >= 15 is 0 Å². The molecule has 0 aromatic heterocycles. The second-order valence-electron chi connectivity index (χ2n) is 10.4. The van der Waals surface area contributed by atoms with Crippen molar-refractivity contribution in [2.24, 2.45) is 0 Å². The van der Waals surface area contributed by atoms with Gasteiger partial charge in [0.2, 0.25) is 5.91 Å². The zero-order valence-electron chi connectivity index (χ0n) is 22.7. The minimum Gasteiger partial charge on any atom is -0.394 e. The van der Waals surface area contributed by atoms with Gasteiger partial charge in [-0.05, 0) is 35.6 Å². The van der Waals surface area contributed by atoms with E-state index in [0.29, 0.717) is 13.0 Å². The standard InChI is InChI=1S/C34H35N3O3/c1-25-17-19-26(20-18-25)21-30(29-15-9-4-10-16-29)35-33(39)32-31(24-38)36(22-27-11-5-2-6-12-27)34(40)37(32)23-28-13-7-3-8-14-28/h2-20,30-32,38H,21-24H2,1H3,(H,35,39)/t30?,31-,32-/m0/s1. The van der Waals surface area contributed by atoms with Crippen LogP contribution in [0.15, 0.2) is 115 Å². The van der Waals surface area contributed by atoms with Crippen LogP contribution in [0.4, 0.5) is 4.79 Å². The van der Waals surface area contributed by atoms with Crippen LogP contribution in [0.1, 0.15) is 33.9 Å². The van der Waals surface area contributed by atoms with E-state index in [0.717, 1.165) is 22.3 Å². The van der Waals surface area contributed by atoms with Crippen LogP contribution in [0, 0.1) is 6.92 Å². The predicted octanol–water partition coefficient (Wildman–Crippen LogP) is 5.26. The summed E-state index contributed by atoms with van der Waals surface area (Å²) in [7, 11) is 0. The van der Waals surface area contributed by atoms with Crippen LogP contribution in [0.2, 0.25) is 0 Å². The van der Waals surface area contributed by atoms with Gasteiger partial charge in [0.05, 0.1) is 18.7 Å². The monoisotopic (exact) mass is 533 g/mol. The van der Waals surface area contributed by atoms with Gasteiger partial charge in [-0.25, -0.2) is 4.79 Å². The van der Waals surface area contributed by atoms with Crippen LogP contribution in [0.25, 0.3) is 0 Å². The lowest BCUT2D eigenvalue weighted by molar-refractivity contribution is -0.127. The van der Waals surface area contributed by atoms with Crippen molar-refractivity contribution in [2.75, 3.05) is 6.61 Å². The van der Waals surface area contributed by atoms with Gasteiger partial charge in [0, 0.05) is 13.1 Å². The lowest BCUT2D eigenvalue weighted by Gasteiger charge is -2.28. The highest BCUT2D eigenvalue weighted by Crippen LogP contribution is 2.29. The highest BCUT2D eigenvalue weighted by molar-refractivity contribution is 5.91. The molecular formula is C34H35N3O3. The van der Waals surface area contributed by atoms with Crippen molar-refractivity contribution in [3.8, 4) is 0 Å². The van der Waals surface area contributed by atoms with Crippen molar-refractivity contribution in [3.05, 3.63) is 143 Å². The second-order valence-corrected chi connectivity index (χ2v) is 10.4. The summed E-state index contributed by atoms with van der Waals surface area (Å²) in [4.78, 5) is 31.2. The summed E-state index contributed by atoms with van der Waals surface area (Å²) >= 11 is 0. The highest BCUT2D eigenvalue weighted by atomic mass is 16.3. The van der Waals surface area contributed by atoms with Crippen molar-refractivity contribution >= 4 is 11.9 Å². The summed E-state index contributed by atoms with van der Waals surface area (Å²) < 4.78 is 0. The van der Waals surface area contributed by atoms with Gasteiger partial charge in [0.15, 0.2) is 0 Å². The van der Waals surface area contributed by atoms with Crippen molar-refractivity contribution in [2.45, 2.75) is 44.6 Å². The van der Waals surface area contributed by atoms with Crippen LogP contribution in [0.5, 0.6) is 0 Å². The summed E-state index contributed by atoms with van der Waals surface area (Å²) in [5.74, 6) is -0.278. The number of hydrogen-bond donors (Lipinski definition) is 2. The third kappa shape index (κ3) is 6.24. The Morgan fingerprint density at radius 3 is 1.82 bits per heavy atom. The minimum atomic E-state index is -0.856. The molecule has 0 radical (unpaired) electrons. The van der Waals surface area contributed by atoms with E-state index < -0.39 is 12.1 Å². The van der Waals surface area contributed by atoms with E-state index in [2.05, 4.69) is 36.5 Å². The SMILES string of the molecule is Cc1ccc(CC(NC(=O)[C@@H]2[C@H](CO)N(Cc3ccccc3)C(=O)N2Cc2ccccc2)c2ccccc2)cc1. The summed E-state index contributed by atoms with van der Waals surface area (Å²) in [5.41, 5.74) is 5.13. The maximum atomic E-state index is 14.1. The van der Waals surface area contributed by atoms with Crippen molar-refractivity contribution in [3.63, 3.8) is 0 Å². The highest BCUT2D eigenvalue weighted by Gasteiger charge is 2.49. The third-order valence-corrected chi connectivity index (χ3v) is 7.52.